The quantitative estimate of drug-likeness (QED) is 0.880. The largest absolute Gasteiger partial charge is 0.476 e. The van der Waals surface area contributed by atoms with Gasteiger partial charge in [0.05, 0.1) is 22.2 Å². The molecule has 1 atom stereocenters. The van der Waals surface area contributed by atoms with Gasteiger partial charge in [0, 0.05) is 7.05 Å². The zero-order chi connectivity index (χ0) is 18.2. The summed E-state index contributed by atoms with van der Waals surface area (Å²) in [6.07, 6.45) is -1.01. The van der Waals surface area contributed by atoms with Crippen LogP contribution in [0.25, 0.3) is 0 Å². The molecule has 25 heavy (non-hydrogen) atoms. The Morgan fingerprint density at radius 3 is 2.72 bits per heavy atom. The molecule has 0 saturated carbocycles. The average molecular weight is 385 g/mol. The number of sulfonamides is 1. The Morgan fingerprint density at radius 1 is 1.32 bits per heavy atom. The molecule has 2 aromatic carbocycles. The molecule has 1 amide bonds. The van der Waals surface area contributed by atoms with Gasteiger partial charge in [-0.25, -0.2) is 12.8 Å². The van der Waals surface area contributed by atoms with E-state index in [0.29, 0.717) is 5.69 Å². The second kappa shape index (κ2) is 6.53. The summed E-state index contributed by atoms with van der Waals surface area (Å²) < 4.78 is 46.1. The number of benzene rings is 2. The molecule has 1 aliphatic heterocycles. The Balaban J connectivity index is 2.10. The highest BCUT2D eigenvalue weighted by Gasteiger charge is 2.37. The summed E-state index contributed by atoms with van der Waals surface area (Å²) in [5, 5.41) is 2.14. The lowest BCUT2D eigenvalue weighted by atomic mass is 10.2. The normalized spacial score (nSPS) is 16.8. The van der Waals surface area contributed by atoms with E-state index < -0.39 is 27.9 Å². The van der Waals surface area contributed by atoms with Crippen LogP contribution in [0.2, 0.25) is 5.02 Å². The van der Waals surface area contributed by atoms with Crippen molar-refractivity contribution >= 4 is 33.2 Å². The maximum absolute atomic E-state index is 13.4. The molecule has 3 rings (SSSR count). The SMILES string of the molecule is CNC(=O)C1CN(S(=O)(=O)c2ccc(F)c(Cl)c2)c2ccccc2O1. The van der Waals surface area contributed by atoms with Gasteiger partial charge in [-0.2, -0.15) is 0 Å². The van der Waals surface area contributed by atoms with E-state index in [1.807, 2.05) is 0 Å². The Labute approximate surface area is 149 Å². The first-order valence-electron chi connectivity index (χ1n) is 7.29. The van der Waals surface area contributed by atoms with Crippen molar-refractivity contribution < 1.29 is 22.3 Å². The first kappa shape index (κ1) is 17.5. The van der Waals surface area contributed by atoms with E-state index in [0.717, 1.165) is 22.5 Å². The maximum Gasteiger partial charge on any atom is 0.264 e. The van der Waals surface area contributed by atoms with Crippen molar-refractivity contribution in [3.05, 3.63) is 53.3 Å². The number of carbonyl (C=O) groups is 1. The van der Waals surface area contributed by atoms with E-state index in [-0.39, 0.29) is 22.2 Å². The van der Waals surface area contributed by atoms with Crippen LogP contribution in [0.1, 0.15) is 0 Å². The Hall–Kier alpha value is -2.32. The van der Waals surface area contributed by atoms with Gasteiger partial charge in [0.1, 0.15) is 11.6 Å². The molecule has 1 unspecified atom stereocenters. The van der Waals surface area contributed by atoms with Crippen LogP contribution in [0.15, 0.2) is 47.4 Å². The molecule has 6 nitrogen and oxygen atoms in total. The highest BCUT2D eigenvalue weighted by Crippen LogP contribution is 2.37. The van der Waals surface area contributed by atoms with Gasteiger partial charge in [0.25, 0.3) is 15.9 Å². The van der Waals surface area contributed by atoms with Gasteiger partial charge >= 0.3 is 0 Å². The molecule has 0 bridgehead atoms. The molecule has 0 radical (unpaired) electrons. The van der Waals surface area contributed by atoms with Gasteiger partial charge in [-0.05, 0) is 30.3 Å². The summed E-state index contributed by atoms with van der Waals surface area (Å²) in [6.45, 7) is -0.214. The number of nitrogens with one attached hydrogen (secondary N) is 1. The minimum atomic E-state index is -4.07. The smallest absolute Gasteiger partial charge is 0.264 e. The predicted octanol–water partition coefficient (Wildman–Crippen LogP) is 2.18. The van der Waals surface area contributed by atoms with Crippen LogP contribution in [0.4, 0.5) is 10.1 Å². The van der Waals surface area contributed by atoms with E-state index in [9.17, 15) is 17.6 Å². The molecule has 9 heteroatoms. The van der Waals surface area contributed by atoms with E-state index in [1.165, 1.54) is 7.05 Å². The summed E-state index contributed by atoms with van der Waals surface area (Å²) >= 11 is 5.71. The molecular formula is C16H14ClFN2O4S. The van der Waals surface area contributed by atoms with Crippen LogP contribution in [-0.4, -0.2) is 34.0 Å². The van der Waals surface area contributed by atoms with Gasteiger partial charge in [0.15, 0.2) is 6.10 Å². The first-order chi connectivity index (χ1) is 11.8. The third kappa shape index (κ3) is 3.14. The van der Waals surface area contributed by atoms with Gasteiger partial charge in [-0.1, -0.05) is 23.7 Å². The van der Waals surface area contributed by atoms with Crippen molar-refractivity contribution in [2.45, 2.75) is 11.0 Å². The molecule has 0 aliphatic carbocycles. The summed E-state index contributed by atoms with van der Waals surface area (Å²) in [7, 11) is -2.63. The number of hydrogen-bond donors (Lipinski definition) is 1. The number of fused-ring (bicyclic) bond motifs is 1. The van der Waals surface area contributed by atoms with Crippen molar-refractivity contribution in [3.8, 4) is 5.75 Å². The van der Waals surface area contributed by atoms with Crippen molar-refractivity contribution in [2.24, 2.45) is 0 Å². The maximum atomic E-state index is 13.4. The number of nitrogens with zero attached hydrogens (tertiary/aromatic N) is 1. The van der Waals surface area contributed by atoms with Crippen LogP contribution < -0.4 is 14.4 Å². The predicted molar refractivity (Wildman–Crippen MR) is 90.9 cm³/mol. The number of para-hydroxylation sites is 2. The number of halogens is 2. The number of likely N-dealkylation sites (N-methyl/N-ethyl adjacent to an activating group) is 1. The third-order valence-corrected chi connectivity index (χ3v) is 5.82. The standard InChI is InChI=1S/C16H14ClFN2O4S/c1-19-16(21)15-9-20(13-4-2-3-5-14(13)24-15)25(22,23)10-6-7-12(18)11(17)8-10/h2-8,15H,9H2,1H3,(H,19,21). The van der Waals surface area contributed by atoms with Gasteiger partial charge in [-0.15, -0.1) is 0 Å². The topological polar surface area (TPSA) is 75.7 Å². The molecule has 1 N–H and O–H groups in total. The number of ether oxygens (including phenoxy) is 1. The fourth-order valence-corrected chi connectivity index (χ4v) is 4.24. The minimum Gasteiger partial charge on any atom is -0.476 e. The zero-order valence-electron chi connectivity index (χ0n) is 13.1. The van der Waals surface area contributed by atoms with Gasteiger partial charge in [-0.3, -0.25) is 9.10 Å². The van der Waals surface area contributed by atoms with Gasteiger partial charge in [0.2, 0.25) is 0 Å². The van der Waals surface area contributed by atoms with E-state index in [4.69, 9.17) is 16.3 Å². The van der Waals surface area contributed by atoms with Crippen LogP contribution >= 0.6 is 11.6 Å². The second-order valence-corrected chi connectivity index (χ2v) is 7.57. The summed E-state index contributed by atoms with van der Waals surface area (Å²) in [5.74, 6) is -0.905. The average Bonchev–Trinajstić information content (AvgIpc) is 2.62. The number of rotatable bonds is 3. The number of carbonyl (C=O) groups excluding carboxylic acids is 1. The highest BCUT2D eigenvalue weighted by molar-refractivity contribution is 7.92. The molecule has 0 spiro atoms. The molecule has 1 heterocycles. The first-order valence-corrected chi connectivity index (χ1v) is 9.11. The molecule has 132 valence electrons. The lowest BCUT2D eigenvalue weighted by Gasteiger charge is -2.34. The van der Waals surface area contributed by atoms with Crippen molar-refractivity contribution in [1.29, 1.82) is 0 Å². The summed E-state index contributed by atoms with van der Waals surface area (Å²) in [5.41, 5.74) is 0.295. The number of amides is 1. The Bertz CT molecular complexity index is 935. The fourth-order valence-electron chi connectivity index (χ4n) is 2.49. The fraction of sp³-hybridized carbons (Fsp3) is 0.188. The molecule has 2 aromatic rings. The minimum absolute atomic E-state index is 0.175. The number of hydrogen-bond acceptors (Lipinski definition) is 4. The Kier molecular flexibility index (Phi) is 4.57. The van der Waals surface area contributed by atoms with Crippen molar-refractivity contribution in [3.63, 3.8) is 0 Å². The van der Waals surface area contributed by atoms with E-state index >= 15 is 0 Å². The van der Waals surface area contributed by atoms with Crippen LogP contribution in [0.5, 0.6) is 5.75 Å². The Morgan fingerprint density at radius 2 is 2.04 bits per heavy atom. The molecule has 0 saturated heterocycles. The van der Waals surface area contributed by atoms with E-state index in [1.54, 1.807) is 24.3 Å². The molecule has 1 aliphatic rings. The highest BCUT2D eigenvalue weighted by atomic mass is 35.5. The monoisotopic (exact) mass is 384 g/mol. The number of anilines is 1. The summed E-state index contributed by atoms with van der Waals surface area (Å²) in [4.78, 5) is 11.8. The van der Waals surface area contributed by atoms with Crippen LogP contribution in [0, 0.1) is 5.82 Å². The molecule has 0 aromatic heterocycles. The van der Waals surface area contributed by atoms with Crippen LogP contribution in [-0.2, 0) is 14.8 Å². The zero-order valence-corrected chi connectivity index (χ0v) is 14.6. The van der Waals surface area contributed by atoms with E-state index in [2.05, 4.69) is 5.32 Å². The van der Waals surface area contributed by atoms with Crippen molar-refractivity contribution in [1.82, 2.24) is 5.32 Å². The van der Waals surface area contributed by atoms with Crippen LogP contribution in [0.3, 0.4) is 0 Å². The lowest BCUT2D eigenvalue weighted by Crippen LogP contribution is -2.50. The van der Waals surface area contributed by atoms with Gasteiger partial charge < -0.3 is 10.1 Å². The third-order valence-electron chi connectivity index (χ3n) is 3.75. The van der Waals surface area contributed by atoms with Crippen molar-refractivity contribution in [2.75, 3.05) is 17.9 Å². The molecule has 0 fully saturated rings. The second-order valence-electron chi connectivity index (χ2n) is 5.30. The molecular weight excluding hydrogens is 371 g/mol. The lowest BCUT2D eigenvalue weighted by molar-refractivity contribution is -0.127. The summed E-state index contributed by atoms with van der Waals surface area (Å²) in [6, 6.07) is 9.62.